The highest BCUT2D eigenvalue weighted by Gasteiger charge is 2.47. The molecule has 0 radical (unpaired) electrons. The van der Waals surface area contributed by atoms with Crippen molar-refractivity contribution in [2.75, 3.05) is 20.2 Å². The van der Waals surface area contributed by atoms with Crippen LogP contribution >= 0.6 is 12.6 Å². The van der Waals surface area contributed by atoms with Crippen molar-refractivity contribution in [3.8, 4) is 0 Å². The van der Waals surface area contributed by atoms with Crippen LogP contribution in [0.5, 0.6) is 0 Å². The smallest absolute Gasteiger partial charge is 0.328 e. The van der Waals surface area contributed by atoms with Gasteiger partial charge in [0.25, 0.3) is 0 Å². The fraction of sp³-hybridized carbons (Fsp3) is 0.429. The summed E-state index contributed by atoms with van der Waals surface area (Å²) in [4.78, 5) is 27.0. The Morgan fingerprint density at radius 3 is 2.57 bits per heavy atom. The van der Waals surface area contributed by atoms with Gasteiger partial charge in [-0.05, 0) is 42.2 Å². The molecule has 2 heterocycles. The Balaban J connectivity index is 1.66. The first-order valence-corrected chi connectivity index (χ1v) is 11.9. The monoisotopic (exact) mass is 448 g/mol. The second-order valence-corrected chi connectivity index (χ2v) is 10.3. The molecular weight excluding hydrogens is 424 g/mol. The van der Waals surface area contributed by atoms with Crippen LogP contribution < -0.4 is 0 Å². The molecule has 30 heavy (non-hydrogen) atoms. The molecule has 0 aromatic heterocycles. The number of hydrogen-bond acceptors (Lipinski definition) is 6. The number of methoxy groups -OCH3 is 1. The van der Waals surface area contributed by atoms with E-state index in [1.54, 1.807) is 18.2 Å². The van der Waals surface area contributed by atoms with Crippen LogP contribution in [0, 0.1) is 0 Å². The number of nitrogens with zero attached hydrogens (tertiary/aromatic N) is 2. The van der Waals surface area contributed by atoms with Crippen molar-refractivity contribution in [1.29, 1.82) is 0 Å². The zero-order chi connectivity index (χ0) is 21.5. The molecular formula is C21H24N2O5S2. The van der Waals surface area contributed by atoms with E-state index in [1.165, 1.54) is 16.3 Å². The lowest BCUT2D eigenvalue weighted by Gasteiger charge is -2.29. The van der Waals surface area contributed by atoms with Crippen LogP contribution in [0.3, 0.4) is 0 Å². The van der Waals surface area contributed by atoms with Gasteiger partial charge in [-0.2, -0.15) is 16.9 Å². The predicted molar refractivity (Wildman–Crippen MR) is 116 cm³/mol. The quantitative estimate of drug-likeness (QED) is 0.572. The highest BCUT2D eigenvalue weighted by Crippen LogP contribution is 2.32. The Kier molecular flexibility index (Phi) is 5.78. The van der Waals surface area contributed by atoms with E-state index < -0.39 is 28.1 Å². The molecule has 9 heteroatoms. The van der Waals surface area contributed by atoms with Crippen molar-refractivity contribution in [3.05, 3.63) is 42.5 Å². The molecule has 2 aliphatic heterocycles. The Morgan fingerprint density at radius 2 is 1.83 bits per heavy atom. The van der Waals surface area contributed by atoms with Gasteiger partial charge in [0.2, 0.25) is 15.9 Å². The molecule has 7 nitrogen and oxygen atoms in total. The molecule has 4 rings (SSSR count). The first-order valence-electron chi connectivity index (χ1n) is 9.90. The van der Waals surface area contributed by atoms with Crippen molar-refractivity contribution >= 4 is 45.3 Å². The highest BCUT2D eigenvalue weighted by atomic mass is 32.2. The molecule has 0 saturated carbocycles. The summed E-state index contributed by atoms with van der Waals surface area (Å²) in [5, 5.41) is 1.50. The number of thiol groups is 1. The third-order valence-corrected chi connectivity index (χ3v) is 8.10. The molecule has 2 aromatic carbocycles. The fourth-order valence-corrected chi connectivity index (χ4v) is 6.50. The van der Waals surface area contributed by atoms with Gasteiger partial charge < -0.3 is 9.64 Å². The summed E-state index contributed by atoms with van der Waals surface area (Å²) in [6.45, 7) is 0.557. The van der Waals surface area contributed by atoms with Crippen LogP contribution in [0.25, 0.3) is 10.8 Å². The largest absolute Gasteiger partial charge is 0.467 e. The summed E-state index contributed by atoms with van der Waals surface area (Å²) in [6, 6.07) is 10.9. The van der Waals surface area contributed by atoms with E-state index >= 15 is 0 Å². The Bertz CT molecular complexity index is 1090. The number of fused-ring (bicyclic) bond motifs is 1. The van der Waals surface area contributed by atoms with Crippen molar-refractivity contribution in [2.24, 2.45) is 0 Å². The Hall–Kier alpha value is -2.10. The lowest BCUT2D eigenvalue weighted by molar-refractivity contribution is -0.152. The van der Waals surface area contributed by atoms with Gasteiger partial charge in [0.05, 0.1) is 12.0 Å². The zero-order valence-corrected chi connectivity index (χ0v) is 18.3. The molecule has 2 saturated heterocycles. The standard InChI is InChI=1S/C21H24N2O5S2/c1-28-21(25)18-7-4-10-22(18)20(24)19-12-16(29)13-23(19)30(26,27)17-9-8-14-5-2-3-6-15(14)11-17/h2-3,5-6,8-9,11,16,18-19,29H,4,7,10,12-13H2,1H3/t16-,18?,19+/m1/s1. The van der Waals surface area contributed by atoms with Gasteiger partial charge in [-0.25, -0.2) is 13.2 Å². The topological polar surface area (TPSA) is 84.0 Å². The molecule has 160 valence electrons. The van der Waals surface area contributed by atoms with Crippen molar-refractivity contribution in [2.45, 2.75) is 41.5 Å². The normalized spacial score (nSPS) is 25.0. The van der Waals surface area contributed by atoms with Gasteiger partial charge in [-0.1, -0.05) is 30.3 Å². The lowest BCUT2D eigenvalue weighted by Crippen LogP contribution is -2.51. The van der Waals surface area contributed by atoms with E-state index in [2.05, 4.69) is 12.6 Å². The second-order valence-electron chi connectivity index (χ2n) is 7.70. The third-order valence-electron chi connectivity index (χ3n) is 5.86. The molecule has 0 N–H and O–H groups in total. The maximum Gasteiger partial charge on any atom is 0.328 e. The van der Waals surface area contributed by atoms with Crippen LogP contribution in [-0.2, 0) is 24.3 Å². The molecule has 0 bridgehead atoms. The van der Waals surface area contributed by atoms with Crippen LogP contribution in [0.1, 0.15) is 19.3 Å². The molecule has 1 amide bonds. The van der Waals surface area contributed by atoms with E-state index in [-0.39, 0.29) is 22.6 Å². The number of esters is 1. The SMILES string of the molecule is COC(=O)C1CCCN1C(=O)[C@@H]1C[C@@H](S)CN1S(=O)(=O)c1ccc2ccccc2c1. The van der Waals surface area contributed by atoms with E-state index in [9.17, 15) is 18.0 Å². The second kappa shape index (κ2) is 8.20. The van der Waals surface area contributed by atoms with Crippen molar-refractivity contribution in [3.63, 3.8) is 0 Å². The number of hydrogen-bond donors (Lipinski definition) is 1. The van der Waals surface area contributed by atoms with Crippen LogP contribution in [0.4, 0.5) is 0 Å². The maximum atomic E-state index is 13.5. The van der Waals surface area contributed by atoms with Crippen LogP contribution in [0.15, 0.2) is 47.4 Å². The minimum atomic E-state index is -3.91. The average molecular weight is 449 g/mol. The number of rotatable bonds is 4. The highest BCUT2D eigenvalue weighted by molar-refractivity contribution is 7.89. The van der Waals surface area contributed by atoms with E-state index in [0.29, 0.717) is 25.8 Å². The zero-order valence-electron chi connectivity index (χ0n) is 16.6. The Morgan fingerprint density at radius 1 is 1.10 bits per heavy atom. The summed E-state index contributed by atoms with van der Waals surface area (Å²) in [6.07, 6.45) is 1.51. The summed E-state index contributed by atoms with van der Waals surface area (Å²) in [5.41, 5.74) is 0. The van der Waals surface area contributed by atoms with Crippen LogP contribution in [0.2, 0.25) is 0 Å². The summed E-state index contributed by atoms with van der Waals surface area (Å²) >= 11 is 4.46. The van der Waals surface area contributed by atoms with Gasteiger partial charge in [0.15, 0.2) is 0 Å². The van der Waals surface area contributed by atoms with Crippen molar-refractivity contribution in [1.82, 2.24) is 9.21 Å². The Labute approximate surface area is 181 Å². The summed E-state index contributed by atoms with van der Waals surface area (Å²) < 4.78 is 33.0. The summed E-state index contributed by atoms with van der Waals surface area (Å²) in [5.74, 6) is -0.825. The van der Waals surface area contributed by atoms with Gasteiger partial charge in [0, 0.05) is 18.3 Å². The summed E-state index contributed by atoms with van der Waals surface area (Å²) in [7, 11) is -2.62. The van der Waals surface area contributed by atoms with Gasteiger partial charge in [-0.15, -0.1) is 0 Å². The molecule has 2 aliphatic rings. The van der Waals surface area contributed by atoms with Crippen molar-refractivity contribution < 1.29 is 22.7 Å². The van der Waals surface area contributed by atoms with E-state index in [0.717, 1.165) is 10.8 Å². The predicted octanol–water partition coefficient (Wildman–Crippen LogP) is 2.07. The minimum Gasteiger partial charge on any atom is -0.467 e. The molecule has 0 aliphatic carbocycles. The lowest BCUT2D eigenvalue weighted by atomic mass is 10.1. The van der Waals surface area contributed by atoms with Crippen LogP contribution in [-0.4, -0.2) is 67.0 Å². The first-order chi connectivity index (χ1) is 14.3. The number of carbonyl (C=O) groups excluding carboxylic acids is 2. The molecule has 2 fully saturated rings. The minimum absolute atomic E-state index is 0.144. The number of carbonyl (C=O) groups is 2. The van der Waals surface area contributed by atoms with Gasteiger partial charge in [0.1, 0.15) is 12.1 Å². The van der Waals surface area contributed by atoms with E-state index in [1.807, 2.05) is 24.3 Å². The number of likely N-dealkylation sites (tertiary alicyclic amines) is 1. The fourth-order valence-electron chi connectivity index (χ4n) is 4.34. The molecule has 0 spiro atoms. The number of ether oxygens (including phenoxy) is 1. The number of amides is 1. The van der Waals surface area contributed by atoms with Gasteiger partial charge in [-0.3, -0.25) is 4.79 Å². The number of benzene rings is 2. The average Bonchev–Trinajstić information content (AvgIpc) is 3.39. The van der Waals surface area contributed by atoms with Gasteiger partial charge >= 0.3 is 5.97 Å². The molecule has 1 unspecified atom stereocenters. The third kappa shape index (κ3) is 3.70. The van der Waals surface area contributed by atoms with E-state index in [4.69, 9.17) is 4.74 Å². The molecule has 2 aromatic rings. The first kappa shape index (κ1) is 21.1. The number of sulfonamides is 1. The molecule has 3 atom stereocenters. The maximum absolute atomic E-state index is 13.5.